The van der Waals surface area contributed by atoms with E-state index < -0.39 is 12.6 Å². The van der Waals surface area contributed by atoms with Crippen molar-refractivity contribution < 1.29 is 24.2 Å². The molecule has 0 spiro atoms. The van der Waals surface area contributed by atoms with Gasteiger partial charge in [-0.1, -0.05) is 12.1 Å². The van der Waals surface area contributed by atoms with Crippen LogP contribution in [-0.2, 0) is 9.53 Å². The number of benzene rings is 1. The number of rotatable bonds is 4. The minimum Gasteiger partial charge on any atom is -0.481 e. The zero-order valence-corrected chi connectivity index (χ0v) is 10.4. The summed E-state index contributed by atoms with van der Waals surface area (Å²) < 4.78 is 10.3. The lowest BCUT2D eigenvalue weighted by Gasteiger charge is -2.27. The quantitative estimate of drug-likeness (QED) is 0.863. The van der Waals surface area contributed by atoms with Gasteiger partial charge in [-0.2, -0.15) is 0 Å². The number of carboxylic acids is 1. The summed E-state index contributed by atoms with van der Waals surface area (Å²) in [4.78, 5) is 24.5. The summed E-state index contributed by atoms with van der Waals surface area (Å²) in [6, 6.07) is 6.65. The summed E-state index contributed by atoms with van der Waals surface area (Å²) in [5.74, 6) is -0.945. The molecule has 6 nitrogen and oxygen atoms in total. The molecule has 1 fully saturated rings. The zero-order chi connectivity index (χ0) is 13.7. The van der Waals surface area contributed by atoms with Crippen LogP contribution in [0.1, 0.15) is 10.4 Å². The highest BCUT2D eigenvalue weighted by Gasteiger charge is 2.21. The Labute approximate surface area is 110 Å². The first-order valence-corrected chi connectivity index (χ1v) is 5.99. The van der Waals surface area contributed by atoms with Crippen molar-refractivity contribution in [3.8, 4) is 5.75 Å². The third kappa shape index (κ3) is 3.45. The average molecular weight is 265 g/mol. The molecule has 0 saturated carbocycles. The molecule has 0 bridgehead atoms. The number of aliphatic carboxylic acids is 1. The number of carbonyl (C=O) groups excluding carboxylic acids is 1. The Morgan fingerprint density at radius 2 is 1.95 bits per heavy atom. The predicted molar refractivity (Wildman–Crippen MR) is 66.3 cm³/mol. The molecule has 1 aromatic carbocycles. The first-order valence-electron chi connectivity index (χ1n) is 5.99. The van der Waals surface area contributed by atoms with E-state index in [1.54, 1.807) is 29.2 Å². The highest BCUT2D eigenvalue weighted by atomic mass is 16.5. The molecule has 19 heavy (non-hydrogen) atoms. The summed E-state index contributed by atoms with van der Waals surface area (Å²) in [6.07, 6.45) is 0. The lowest BCUT2D eigenvalue weighted by atomic mass is 10.1. The van der Waals surface area contributed by atoms with E-state index >= 15 is 0 Å². The summed E-state index contributed by atoms with van der Waals surface area (Å²) in [5, 5.41) is 8.62. The van der Waals surface area contributed by atoms with Crippen molar-refractivity contribution in [1.29, 1.82) is 0 Å². The number of amides is 1. The molecule has 0 aromatic heterocycles. The van der Waals surface area contributed by atoms with Crippen molar-refractivity contribution >= 4 is 11.9 Å². The second-order valence-electron chi connectivity index (χ2n) is 4.08. The zero-order valence-electron chi connectivity index (χ0n) is 10.4. The monoisotopic (exact) mass is 265 g/mol. The molecule has 1 aliphatic heterocycles. The first kappa shape index (κ1) is 13.4. The number of nitrogens with zero attached hydrogens (tertiary/aromatic N) is 1. The van der Waals surface area contributed by atoms with Crippen LogP contribution in [0.3, 0.4) is 0 Å². The van der Waals surface area contributed by atoms with Crippen LogP contribution < -0.4 is 4.74 Å². The SMILES string of the molecule is O=C(O)COc1ccccc1C(=O)N1CCOCC1. The molecule has 0 atom stereocenters. The highest BCUT2D eigenvalue weighted by Crippen LogP contribution is 2.20. The molecule has 0 radical (unpaired) electrons. The molecule has 1 aromatic rings. The van der Waals surface area contributed by atoms with E-state index in [2.05, 4.69) is 0 Å². The maximum atomic E-state index is 12.3. The van der Waals surface area contributed by atoms with Gasteiger partial charge < -0.3 is 19.5 Å². The molecule has 6 heteroatoms. The number of para-hydroxylation sites is 1. The molecule has 0 unspecified atom stereocenters. The number of hydrogen-bond donors (Lipinski definition) is 1. The third-order valence-corrected chi connectivity index (χ3v) is 2.77. The predicted octanol–water partition coefficient (Wildman–Crippen LogP) is 0.622. The second-order valence-corrected chi connectivity index (χ2v) is 4.08. The Morgan fingerprint density at radius 1 is 1.26 bits per heavy atom. The number of carbonyl (C=O) groups is 2. The van der Waals surface area contributed by atoms with Gasteiger partial charge in [0, 0.05) is 13.1 Å². The first-order chi connectivity index (χ1) is 9.18. The number of ether oxygens (including phenoxy) is 2. The van der Waals surface area contributed by atoms with Crippen LogP contribution in [0.2, 0.25) is 0 Å². The van der Waals surface area contributed by atoms with Crippen molar-refractivity contribution in [1.82, 2.24) is 4.90 Å². The molecule has 1 amide bonds. The average Bonchev–Trinajstić information content (AvgIpc) is 2.45. The van der Waals surface area contributed by atoms with E-state index in [1.165, 1.54) is 0 Å². The molecule has 1 saturated heterocycles. The van der Waals surface area contributed by atoms with E-state index in [-0.39, 0.29) is 5.91 Å². The lowest BCUT2D eigenvalue weighted by molar-refractivity contribution is -0.139. The summed E-state index contributed by atoms with van der Waals surface area (Å²) in [7, 11) is 0. The van der Waals surface area contributed by atoms with Gasteiger partial charge in [-0.15, -0.1) is 0 Å². The third-order valence-electron chi connectivity index (χ3n) is 2.77. The van der Waals surface area contributed by atoms with Crippen molar-refractivity contribution in [2.75, 3.05) is 32.9 Å². The van der Waals surface area contributed by atoms with Gasteiger partial charge in [-0.3, -0.25) is 4.79 Å². The van der Waals surface area contributed by atoms with Gasteiger partial charge in [-0.05, 0) is 12.1 Å². The Balaban J connectivity index is 2.13. The molecule has 1 aliphatic rings. The van der Waals surface area contributed by atoms with E-state index in [1.807, 2.05) is 0 Å². The fourth-order valence-corrected chi connectivity index (χ4v) is 1.85. The minimum absolute atomic E-state index is 0.163. The van der Waals surface area contributed by atoms with Crippen molar-refractivity contribution in [2.45, 2.75) is 0 Å². The van der Waals surface area contributed by atoms with Crippen LogP contribution in [-0.4, -0.2) is 54.8 Å². The molecule has 102 valence electrons. The summed E-state index contributed by atoms with van der Waals surface area (Å²) in [5.41, 5.74) is 0.380. The van der Waals surface area contributed by atoms with Crippen molar-refractivity contribution in [3.05, 3.63) is 29.8 Å². The summed E-state index contributed by atoms with van der Waals surface area (Å²) in [6.45, 7) is 1.64. The second kappa shape index (κ2) is 6.19. The van der Waals surface area contributed by atoms with Crippen LogP contribution in [0.15, 0.2) is 24.3 Å². The number of hydrogen-bond acceptors (Lipinski definition) is 4. The normalized spacial score (nSPS) is 15.1. The fourth-order valence-electron chi connectivity index (χ4n) is 1.85. The maximum absolute atomic E-state index is 12.3. The van der Waals surface area contributed by atoms with Gasteiger partial charge in [0.05, 0.1) is 18.8 Å². The van der Waals surface area contributed by atoms with Crippen LogP contribution in [0.4, 0.5) is 0 Å². The van der Waals surface area contributed by atoms with Crippen LogP contribution >= 0.6 is 0 Å². The molecular formula is C13H15NO5. The van der Waals surface area contributed by atoms with Crippen molar-refractivity contribution in [3.63, 3.8) is 0 Å². The molecule has 1 heterocycles. The van der Waals surface area contributed by atoms with Gasteiger partial charge in [-0.25, -0.2) is 4.79 Å². The minimum atomic E-state index is -1.08. The van der Waals surface area contributed by atoms with Gasteiger partial charge in [0.25, 0.3) is 5.91 Å². The molecule has 0 aliphatic carbocycles. The Kier molecular flexibility index (Phi) is 4.35. The van der Waals surface area contributed by atoms with E-state index in [4.69, 9.17) is 14.6 Å². The summed E-state index contributed by atoms with van der Waals surface area (Å²) >= 11 is 0. The maximum Gasteiger partial charge on any atom is 0.341 e. The standard InChI is InChI=1S/C13H15NO5/c15-12(16)9-19-11-4-2-1-3-10(11)13(17)14-5-7-18-8-6-14/h1-4H,5-9H2,(H,15,16). The van der Waals surface area contributed by atoms with Gasteiger partial charge in [0.1, 0.15) is 5.75 Å². The number of morpholine rings is 1. The molecular weight excluding hydrogens is 250 g/mol. The Hall–Kier alpha value is -2.08. The Morgan fingerprint density at radius 3 is 2.63 bits per heavy atom. The number of carboxylic acid groups (broad SMARTS) is 1. The van der Waals surface area contributed by atoms with E-state index in [0.717, 1.165) is 0 Å². The molecule has 1 N–H and O–H groups in total. The van der Waals surface area contributed by atoms with Gasteiger partial charge >= 0.3 is 5.97 Å². The van der Waals surface area contributed by atoms with E-state index in [0.29, 0.717) is 37.6 Å². The van der Waals surface area contributed by atoms with Crippen molar-refractivity contribution in [2.24, 2.45) is 0 Å². The lowest BCUT2D eigenvalue weighted by Crippen LogP contribution is -2.40. The highest BCUT2D eigenvalue weighted by molar-refractivity contribution is 5.97. The van der Waals surface area contributed by atoms with Crippen LogP contribution in [0, 0.1) is 0 Å². The largest absolute Gasteiger partial charge is 0.481 e. The van der Waals surface area contributed by atoms with Crippen LogP contribution in [0.5, 0.6) is 5.75 Å². The fraction of sp³-hybridized carbons (Fsp3) is 0.385. The van der Waals surface area contributed by atoms with Gasteiger partial charge in [0.15, 0.2) is 6.61 Å². The smallest absolute Gasteiger partial charge is 0.341 e. The van der Waals surface area contributed by atoms with E-state index in [9.17, 15) is 9.59 Å². The topological polar surface area (TPSA) is 76.1 Å². The van der Waals surface area contributed by atoms with Gasteiger partial charge in [0.2, 0.25) is 0 Å². The molecule has 2 rings (SSSR count). The Bertz CT molecular complexity index is 468. The van der Waals surface area contributed by atoms with Crippen LogP contribution in [0.25, 0.3) is 0 Å².